The maximum Gasteiger partial charge on any atom is 0.331 e. The molecule has 5 atom stereocenters. The highest BCUT2D eigenvalue weighted by molar-refractivity contribution is 6.03. The Morgan fingerprint density at radius 1 is 1.36 bits per heavy atom. The molecule has 1 aliphatic heterocycles. The highest BCUT2D eigenvalue weighted by Gasteiger charge is 2.67. The van der Waals surface area contributed by atoms with Crippen LogP contribution in [0.5, 0.6) is 0 Å². The van der Waals surface area contributed by atoms with E-state index >= 15 is 0 Å². The van der Waals surface area contributed by atoms with Crippen LogP contribution < -0.4 is 0 Å². The fourth-order valence-electron chi connectivity index (χ4n) is 4.90. The van der Waals surface area contributed by atoms with Crippen molar-refractivity contribution >= 4 is 17.7 Å². The molecule has 5 heteroatoms. The van der Waals surface area contributed by atoms with Crippen LogP contribution in [0.2, 0.25) is 0 Å². The molecule has 5 nitrogen and oxygen atoms in total. The smallest absolute Gasteiger partial charge is 0.331 e. The second kappa shape index (κ2) is 5.55. The molecule has 3 aliphatic rings. The number of esters is 2. The number of hydrogen-bond donors (Lipinski definition) is 0. The van der Waals surface area contributed by atoms with Crippen molar-refractivity contribution in [2.75, 3.05) is 0 Å². The molecule has 140 valence electrons. The van der Waals surface area contributed by atoms with E-state index in [1.807, 2.05) is 27.7 Å². The molecule has 0 radical (unpaired) electrons. The third-order valence-electron chi connectivity index (χ3n) is 6.72. The minimum Gasteiger partial charge on any atom is -0.460 e. The molecule has 2 bridgehead atoms. The Balaban J connectivity index is 1.80. The zero-order chi connectivity index (χ0) is 18.8. The Morgan fingerprint density at radius 3 is 2.60 bits per heavy atom. The van der Waals surface area contributed by atoms with E-state index in [4.69, 9.17) is 14.5 Å². The summed E-state index contributed by atoms with van der Waals surface area (Å²) in [6.45, 7) is 14.2. The number of nitrogens with zero attached hydrogens (tertiary/aromatic N) is 1. The molecule has 2 saturated carbocycles. The minimum absolute atomic E-state index is 0.0209. The molecule has 3 rings (SSSR count). The first-order valence-electron chi connectivity index (χ1n) is 9.37. The molecule has 0 amide bonds. The monoisotopic (exact) mass is 349 g/mol. The van der Waals surface area contributed by atoms with Crippen LogP contribution >= 0.6 is 0 Å². The van der Waals surface area contributed by atoms with Gasteiger partial charge in [0, 0.05) is 11.3 Å². The lowest BCUT2D eigenvalue weighted by molar-refractivity contribution is -0.157. The summed E-state index contributed by atoms with van der Waals surface area (Å²) in [6, 6.07) is -0.606. The number of rotatable bonds is 3. The van der Waals surface area contributed by atoms with Gasteiger partial charge in [-0.3, -0.25) is 9.79 Å². The summed E-state index contributed by atoms with van der Waals surface area (Å²) in [6.07, 6.45) is 2.16. The third-order valence-corrected chi connectivity index (χ3v) is 6.72. The van der Waals surface area contributed by atoms with Crippen LogP contribution in [0.25, 0.3) is 0 Å². The zero-order valence-corrected chi connectivity index (χ0v) is 16.5. The molecule has 1 heterocycles. The molecular weight excluding hydrogens is 318 g/mol. The van der Waals surface area contributed by atoms with E-state index in [-0.39, 0.29) is 41.2 Å². The number of aliphatic imine (C=N–C) groups is 1. The summed E-state index contributed by atoms with van der Waals surface area (Å²) in [7, 11) is 0. The zero-order valence-electron chi connectivity index (χ0n) is 16.5. The Labute approximate surface area is 150 Å². The fourth-order valence-corrected chi connectivity index (χ4v) is 4.90. The molecular formula is C20H31NO4. The van der Waals surface area contributed by atoms with Gasteiger partial charge >= 0.3 is 11.9 Å². The van der Waals surface area contributed by atoms with E-state index in [1.165, 1.54) is 0 Å². The van der Waals surface area contributed by atoms with Crippen molar-refractivity contribution in [2.24, 2.45) is 27.7 Å². The molecule has 0 unspecified atom stereocenters. The second-order valence-corrected chi connectivity index (χ2v) is 9.78. The summed E-state index contributed by atoms with van der Waals surface area (Å²) >= 11 is 0. The molecule has 2 fully saturated rings. The number of carbonyl (C=O) groups is 2. The van der Waals surface area contributed by atoms with Crippen LogP contribution in [0.3, 0.4) is 0 Å². The SMILES string of the molecule is C[C@H](CC(=O)OC(C)(C)C)[C@H]1N=C2[C@H](OC1=O)[C@H]1CC[C@]2(C)C1(C)C. The molecule has 25 heavy (non-hydrogen) atoms. The third kappa shape index (κ3) is 2.80. The van der Waals surface area contributed by atoms with Crippen molar-refractivity contribution < 1.29 is 19.1 Å². The summed E-state index contributed by atoms with van der Waals surface area (Å²) < 4.78 is 11.2. The summed E-state index contributed by atoms with van der Waals surface area (Å²) in [5.41, 5.74) is 0.574. The lowest BCUT2D eigenvalue weighted by atomic mass is 9.70. The number of hydrogen-bond acceptors (Lipinski definition) is 5. The summed E-state index contributed by atoms with van der Waals surface area (Å²) in [5.74, 6) is -0.477. The van der Waals surface area contributed by atoms with Gasteiger partial charge < -0.3 is 9.47 Å². The van der Waals surface area contributed by atoms with Gasteiger partial charge in [0.2, 0.25) is 0 Å². The normalized spacial score (nSPS) is 37.2. The van der Waals surface area contributed by atoms with Crippen LogP contribution in [0.1, 0.15) is 67.7 Å². The lowest BCUT2D eigenvalue weighted by Gasteiger charge is -2.37. The van der Waals surface area contributed by atoms with Gasteiger partial charge in [0.25, 0.3) is 0 Å². The van der Waals surface area contributed by atoms with E-state index in [0.29, 0.717) is 5.92 Å². The number of fused-ring (bicyclic) bond motifs is 5. The average molecular weight is 349 g/mol. The fraction of sp³-hybridized carbons (Fsp3) is 0.850. The second-order valence-electron chi connectivity index (χ2n) is 9.78. The van der Waals surface area contributed by atoms with Crippen LogP contribution in [0.4, 0.5) is 0 Å². The van der Waals surface area contributed by atoms with Gasteiger partial charge in [-0.15, -0.1) is 0 Å². The first-order valence-corrected chi connectivity index (χ1v) is 9.37. The van der Waals surface area contributed by atoms with Gasteiger partial charge in [-0.05, 0) is 44.9 Å². The Kier molecular flexibility index (Phi) is 4.09. The van der Waals surface area contributed by atoms with Crippen LogP contribution in [0, 0.1) is 22.7 Å². The van der Waals surface area contributed by atoms with E-state index in [2.05, 4.69) is 20.8 Å². The van der Waals surface area contributed by atoms with Gasteiger partial charge in [-0.1, -0.05) is 27.7 Å². The van der Waals surface area contributed by atoms with Crippen LogP contribution in [-0.2, 0) is 19.1 Å². The highest BCUT2D eigenvalue weighted by Crippen LogP contribution is 2.65. The Morgan fingerprint density at radius 2 is 2.00 bits per heavy atom. The maximum absolute atomic E-state index is 12.6. The van der Waals surface area contributed by atoms with Crippen LogP contribution in [-0.4, -0.2) is 35.4 Å². The molecule has 0 N–H and O–H groups in total. The average Bonchev–Trinajstić information content (AvgIpc) is 2.75. The molecule has 0 saturated heterocycles. The summed E-state index contributed by atoms with van der Waals surface area (Å²) in [4.78, 5) is 29.5. The summed E-state index contributed by atoms with van der Waals surface area (Å²) in [5, 5.41) is 0. The van der Waals surface area contributed by atoms with E-state index < -0.39 is 11.6 Å². The van der Waals surface area contributed by atoms with Gasteiger partial charge in [-0.25, -0.2) is 4.79 Å². The van der Waals surface area contributed by atoms with Crippen molar-refractivity contribution in [3.05, 3.63) is 0 Å². The largest absolute Gasteiger partial charge is 0.460 e. The molecule has 0 aromatic rings. The quantitative estimate of drug-likeness (QED) is 0.731. The molecule has 2 aliphatic carbocycles. The minimum atomic E-state index is -0.606. The standard InChI is InChI=1S/C20H31NO4/c1-11(10-13(22)25-18(2,3)4)14-17(23)24-15-12-8-9-20(7,16(15)21-14)19(12,5)6/h11-12,14-15H,8-10H2,1-7H3/t11-,12-,14-,15-,20+/m1/s1. The predicted octanol–water partition coefficient (Wildman–Crippen LogP) is 3.55. The maximum atomic E-state index is 12.6. The molecule has 0 aromatic carbocycles. The van der Waals surface area contributed by atoms with Crippen molar-refractivity contribution in [2.45, 2.75) is 85.5 Å². The van der Waals surface area contributed by atoms with Gasteiger partial charge in [0.15, 0.2) is 6.04 Å². The van der Waals surface area contributed by atoms with Crippen molar-refractivity contribution in [3.8, 4) is 0 Å². The Hall–Kier alpha value is -1.39. The first-order chi connectivity index (χ1) is 11.4. The van der Waals surface area contributed by atoms with Crippen molar-refractivity contribution in [1.29, 1.82) is 0 Å². The van der Waals surface area contributed by atoms with E-state index in [1.54, 1.807) is 0 Å². The highest BCUT2D eigenvalue weighted by atomic mass is 16.6. The first kappa shape index (κ1) is 18.4. The lowest BCUT2D eigenvalue weighted by Crippen LogP contribution is -2.46. The number of carbonyl (C=O) groups excluding carboxylic acids is 2. The van der Waals surface area contributed by atoms with E-state index in [0.717, 1.165) is 18.6 Å². The van der Waals surface area contributed by atoms with Crippen molar-refractivity contribution in [1.82, 2.24) is 0 Å². The topological polar surface area (TPSA) is 65.0 Å². The Bertz CT molecular complexity index is 630. The van der Waals surface area contributed by atoms with Gasteiger partial charge in [-0.2, -0.15) is 0 Å². The molecule has 0 spiro atoms. The van der Waals surface area contributed by atoms with Crippen molar-refractivity contribution in [3.63, 3.8) is 0 Å². The van der Waals surface area contributed by atoms with Gasteiger partial charge in [0.1, 0.15) is 11.7 Å². The van der Waals surface area contributed by atoms with Gasteiger partial charge in [0.05, 0.1) is 12.1 Å². The number of ether oxygens (including phenoxy) is 2. The predicted molar refractivity (Wildman–Crippen MR) is 95.3 cm³/mol. The van der Waals surface area contributed by atoms with E-state index in [9.17, 15) is 9.59 Å². The molecule has 0 aromatic heterocycles. The van der Waals surface area contributed by atoms with Crippen LogP contribution in [0.15, 0.2) is 4.99 Å².